The summed E-state index contributed by atoms with van der Waals surface area (Å²) in [5.41, 5.74) is 1.41. The second-order valence-electron chi connectivity index (χ2n) is 9.60. The summed E-state index contributed by atoms with van der Waals surface area (Å²) in [7, 11) is 0. The monoisotopic (exact) mass is 615 g/mol. The molecule has 4 rings (SSSR count). The van der Waals surface area contributed by atoms with Crippen LogP contribution in [0.15, 0.2) is 72.8 Å². The van der Waals surface area contributed by atoms with Crippen LogP contribution in [0.25, 0.3) is 6.08 Å². The highest BCUT2D eigenvalue weighted by molar-refractivity contribution is 6.39. The molecule has 0 saturated carbocycles. The molecule has 3 aromatic rings. The zero-order chi connectivity index (χ0) is 32.5. The Kier molecular flexibility index (Phi) is 10.5. The molecule has 0 spiro atoms. The average Bonchev–Trinajstić information content (AvgIpc) is 3.00. The Morgan fingerprint density at radius 2 is 1.64 bits per heavy atom. The molecule has 0 radical (unpaired) electrons. The third kappa shape index (κ3) is 7.47. The summed E-state index contributed by atoms with van der Waals surface area (Å²) in [6.45, 7) is 10.1. The molecule has 4 amide bonds. The first-order valence-electron chi connectivity index (χ1n) is 14.3. The number of nitro benzene ring substituents is 1. The molecule has 12 heteroatoms. The predicted molar refractivity (Wildman–Crippen MR) is 167 cm³/mol. The molecule has 1 saturated heterocycles. The summed E-state index contributed by atoms with van der Waals surface area (Å²) in [5.74, 6) is -0.336. The zero-order valence-electron chi connectivity index (χ0n) is 25.2. The van der Waals surface area contributed by atoms with Crippen LogP contribution in [-0.4, -0.2) is 42.6 Å². The topological polar surface area (TPSA) is 147 Å². The average molecular weight is 616 g/mol. The van der Waals surface area contributed by atoms with E-state index >= 15 is 0 Å². The van der Waals surface area contributed by atoms with Gasteiger partial charge in [0.1, 0.15) is 23.7 Å². The van der Waals surface area contributed by atoms with Crippen LogP contribution in [0.4, 0.5) is 16.2 Å². The Morgan fingerprint density at radius 3 is 2.33 bits per heavy atom. The smallest absolute Gasteiger partial charge is 0.336 e. The Balaban J connectivity index is 1.74. The number of nitro groups is 1. The molecule has 12 nitrogen and oxygen atoms in total. The van der Waals surface area contributed by atoms with Crippen LogP contribution in [0.1, 0.15) is 37.5 Å². The van der Waals surface area contributed by atoms with Crippen molar-refractivity contribution in [1.82, 2.24) is 5.32 Å². The summed E-state index contributed by atoms with van der Waals surface area (Å²) >= 11 is 0. The lowest BCUT2D eigenvalue weighted by Crippen LogP contribution is -2.54. The number of nitrogens with zero attached hydrogens (tertiary/aromatic N) is 2. The standard InChI is InChI=1S/C33H33N3O9/c1-5-10-23-15-22(18-29(44-8-4)30(23)45-20-21-11-9-12-24(16-21)36(40)41)17-26-31(37)34-33(39)35(32(26)38)27-19-25(42-6-2)13-14-28(27)43-7-3/h5,9,11-19H,1,6-8,10,20H2,2-4H3,(H,34,37,39)/b26-17+. The first-order valence-corrected chi connectivity index (χ1v) is 14.3. The number of non-ortho nitro benzene ring substituents is 1. The lowest BCUT2D eigenvalue weighted by Gasteiger charge is -2.28. The minimum Gasteiger partial charge on any atom is -0.494 e. The Hall–Kier alpha value is -5.65. The van der Waals surface area contributed by atoms with Gasteiger partial charge in [0, 0.05) is 23.8 Å². The number of amides is 4. The van der Waals surface area contributed by atoms with Gasteiger partial charge in [0.2, 0.25) is 0 Å². The molecule has 45 heavy (non-hydrogen) atoms. The first-order chi connectivity index (χ1) is 21.7. The van der Waals surface area contributed by atoms with Gasteiger partial charge < -0.3 is 18.9 Å². The van der Waals surface area contributed by atoms with Crippen molar-refractivity contribution in [3.8, 4) is 23.0 Å². The van der Waals surface area contributed by atoms with Gasteiger partial charge in [0.05, 0.1) is 30.4 Å². The molecule has 0 atom stereocenters. The van der Waals surface area contributed by atoms with Crippen LogP contribution in [-0.2, 0) is 22.6 Å². The highest BCUT2D eigenvalue weighted by atomic mass is 16.6. The normalized spacial score (nSPS) is 13.8. The second kappa shape index (κ2) is 14.7. The van der Waals surface area contributed by atoms with Crippen LogP contribution in [0.3, 0.4) is 0 Å². The second-order valence-corrected chi connectivity index (χ2v) is 9.60. The van der Waals surface area contributed by atoms with E-state index in [1.807, 2.05) is 0 Å². The number of rotatable bonds is 14. The Bertz CT molecular complexity index is 1670. The molecule has 1 N–H and O–H groups in total. The SMILES string of the molecule is C=CCc1cc(/C=C2\C(=O)NC(=O)N(c3cc(OCC)ccc3OCC)C2=O)cc(OCC)c1OCc1cccc([N+](=O)[O-])c1. The van der Waals surface area contributed by atoms with E-state index in [1.54, 1.807) is 63.2 Å². The Labute approximate surface area is 260 Å². The molecule has 1 aliphatic rings. The van der Waals surface area contributed by atoms with Gasteiger partial charge in [0.25, 0.3) is 17.5 Å². The number of urea groups is 1. The molecule has 1 heterocycles. The molecule has 1 fully saturated rings. The number of anilines is 1. The fourth-order valence-electron chi connectivity index (χ4n) is 4.66. The molecule has 1 aliphatic heterocycles. The van der Waals surface area contributed by atoms with Crippen molar-refractivity contribution in [3.05, 3.63) is 99.6 Å². The fourth-order valence-corrected chi connectivity index (χ4v) is 4.66. The maximum absolute atomic E-state index is 13.8. The van der Waals surface area contributed by atoms with Crippen LogP contribution in [0.5, 0.6) is 23.0 Å². The summed E-state index contributed by atoms with van der Waals surface area (Å²) in [6, 6.07) is 13.2. The van der Waals surface area contributed by atoms with Gasteiger partial charge in [0.15, 0.2) is 11.5 Å². The number of hydrogen-bond donors (Lipinski definition) is 1. The number of allylic oxidation sites excluding steroid dienone is 1. The molecule has 0 bridgehead atoms. The third-order valence-corrected chi connectivity index (χ3v) is 6.52. The van der Waals surface area contributed by atoms with E-state index in [0.29, 0.717) is 47.0 Å². The van der Waals surface area contributed by atoms with E-state index in [9.17, 15) is 24.5 Å². The fraction of sp³-hybridized carbons (Fsp3) is 0.242. The van der Waals surface area contributed by atoms with Gasteiger partial charge in [-0.15, -0.1) is 6.58 Å². The van der Waals surface area contributed by atoms with Crippen LogP contribution in [0, 0.1) is 10.1 Å². The lowest BCUT2D eigenvalue weighted by atomic mass is 10.0. The van der Waals surface area contributed by atoms with E-state index in [2.05, 4.69) is 11.9 Å². The number of ether oxygens (including phenoxy) is 4. The molecule has 3 aromatic carbocycles. The Morgan fingerprint density at radius 1 is 0.911 bits per heavy atom. The zero-order valence-corrected chi connectivity index (χ0v) is 25.2. The van der Waals surface area contributed by atoms with Crippen molar-refractivity contribution in [2.45, 2.75) is 33.8 Å². The third-order valence-electron chi connectivity index (χ3n) is 6.52. The lowest BCUT2D eigenvalue weighted by molar-refractivity contribution is -0.384. The minimum absolute atomic E-state index is 0.0211. The molecule has 0 aromatic heterocycles. The molecular formula is C33H33N3O9. The van der Waals surface area contributed by atoms with Crippen molar-refractivity contribution >= 4 is 35.3 Å². The van der Waals surface area contributed by atoms with Gasteiger partial charge in [-0.25, -0.2) is 9.69 Å². The van der Waals surface area contributed by atoms with Crippen molar-refractivity contribution in [1.29, 1.82) is 0 Å². The van der Waals surface area contributed by atoms with Crippen LogP contribution in [0.2, 0.25) is 0 Å². The summed E-state index contributed by atoms with van der Waals surface area (Å²) in [6.07, 6.45) is 3.36. The molecular weight excluding hydrogens is 582 g/mol. The number of nitrogens with one attached hydrogen (secondary N) is 1. The maximum Gasteiger partial charge on any atom is 0.336 e. The number of imide groups is 2. The molecule has 0 aliphatic carbocycles. The summed E-state index contributed by atoms with van der Waals surface area (Å²) in [4.78, 5) is 51.3. The number of carbonyl (C=O) groups is 3. The highest BCUT2D eigenvalue weighted by Gasteiger charge is 2.38. The van der Waals surface area contributed by atoms with Gasteiger partial charge in [-0.3, -0.25) is 25.0 Å². The number of hydrogen-bond acceptors (Lipinski definition) is 9. The van der Waals surface area contributed by atoms with Crippen LogP contribution < -0.4 is 29.2 Å². The maximum atomic E-state index is 13.8. The molecule has 234 valence electrons. The van der Waals surface area contributed by atoms with E-state index in [-0.39, 0.29) is 42.5 Å². The van der Waals surface area contributed by atoms with E-state index in [4.69, 9.17) is 18.9 Å². The quantitative estimate of drug-likeness (QED) is 0.0785. The summed E-state index contributed by atoms with van der Waals surface area (Å²) in [5, 5.41) is 13.4. The first kappa shape index (κ1) is 32.3. The van der Waals surface area contributed by atoms with Gasteiger partial charge in [-0.1, -0.05) is 18.2 Å². The van der Waals surface area contributed by atoms with E-state index in [0.717, 1.165) is 4.90 Å². The van der Waals surface area contributed by atoms with Crippen molar-refractivity contribution in [2.24, 2.45) is 0 Å². The van der Waals surface area contributed by atoms with Crippen LogP contribution >= 0.6 is 0 Å². The van der Waals surface area contributed by atoms with Gasteiger partial charge in [-0.2, -0.15) is 0 Å². The number of carbonyl (C=O) groups excluding carboxylic acids is 3. The van der Waals surface area contributed by atoms with Crippen molar-refractivity contribution in [2.75, 3.05) is 24.7 Å². The highest BCUT2D eigenvalue weighted by Crippen LogP contribution is 2.37. The molecule has 0 unspecified atom stereocenters. The van der Waals surface area contributed by atoms with Crippen molar-refractivity contribution < 1.29 is 38.3 Å². The van der Waals surface area contributed by atoms with E-state index in [1.165, 1.54) is 24.3 Å². The van der Waals surface area contributed by atoms with Crippen molar-refractivity contribution in [3.63, 3.8) is 0 Å². The predicted octanol–water partition coefficient (Wildman–Crippen LogP) is 5.76. The summed E-state index contributed by atoms with van der Waals surface area (Å²) < 4.78 is 23.2. The number of barbiturate groups is 1. The van der Waals surface area contributed by atoms with Gasteiger partial charge >= 0.3 is 6.03 Å². The minimum atomic E-state index is -0.927. The van der Waals surface area contributed by atoms with E-state index < -0.39 is 22.8 Å². The largest absolute Gasteiger partial charge is 0.494 e. The number of benzene rings is 3. The van der Waals surface area contributed by atoms with Gasteiger partial charge in [-0.05, 0) is 68.7 Å².